The van der Waals surface area contributed by atoms with Crippen LogP contribution in [-0.2, 0) is 10.1 Å². The monoisotopic (exact) mass is 408 g/mol. The van der Waals surface area contributed by atoms with Crippen LogP contribution in [0, 0.1) is 29.6 Å². The molecule has 0 aromatic carbocycles. The Hall–Kier alpha value is -0.350. The van der Waals surface area contributed by atoms with Gasteiger partial charge in [-0.25, -0.2) is 0 Å². The summed E-state index contributed by atoms with van der Waals surface area (Å²) in [6.07, 6.45) is 20.7. The van der Waals surface area contributed by atoms with Gasteiger partial charge in [-0.15, -0.1) is 0 Å². The fourth-order valence-corrected chi connectivity index (χ4v) is 8.47. The first kappa shape index (κ1) is 20.9. The Morgan fingerprint density at radius 3 is 1.68 bits per heavy atom. The lowest BCUT2D eigenvalue weighted by molar-refractivity contribution is 0.159. The zero-order valence-corrected chi connectivity index (χ0v) is 18.4. The summed E-state index contributed by atoms with van der Waals surface area (Å²) >= 11 is 0. The smallest absolute Gasteiger partial charge is 0.282 e. The molecule has 0 saturated heterocycles. The lowest BCUT2D eigenvalue weighted by Gasteiger charge is -2.44. The van der Waals surface area contributed by atoms with E-state index in [1.807, 2.05) is 0 Å². The molecule has 0 aliphatic heterocycles. The zero-order valence-electron chi connectivity index (χ0n) is 17.6. The molecule has 2 atom stereocenters. The summed E-state index contributed by atoms with van der Waals surface area (Å²) in [7, 11) is -4.10. The van der Waals surface area contributed by atoms with Gasteiger partial charge in [0.15, 0.2) is 0 Å². The van der Waals surface area contributed by atoms with Crippen molar-refractivity contribution < 1.29 is 13.0 Å². The van der Waals surface area contributed by atoms with Gasteiger partial charge in [0, 0.05) is 5.92 Å². The average Bonchev–Trinajstić information content (AvgIpc) is 2.74. The van der Waals surface area contributed by atoms with Crippen LogP contribution in [0.25, 0.3) is 0 Å². The van der Waals surface area contributed by atoms with Crippen LogP contribution in [0.5, 0.6) is 0 Å². The molecular weight excluding hydrogens is 368 g/mol. The van der Waals surface area contributed by atoms with E-state index in [2.05, 4.69) is 0 Å². The van der Waals surface area contributed by atoms with Crippen LogP contribution in [0.15, 0.2) is 10.5 Å². The second kappa shape index (κ2) is 9.20. The van der Waals surface area contributed by atoms with Crippen LogP contribution >= 0.6 is 0 Å². The normalized spacial score (nSPS) is 32.6. The van der Waals surface area contributed by atoms with Gasteiger partial charge >= 0.3 is 0 Å². The molecule has 0 radical (unpaired) electrons. The van der Waals surface area contributed by atoms with E-state index in [0.29, 0.717) is 22.7 Å². The highest BCUT2D eigenvalue weighted by molar-refractivity contribution is 7.89. The summed E-state index contributed by atoms with van der Waals surface area (Å²) in [5.74, 6) is 2.39. The van der Waals surface area contributed by atoms with Crippen molar-refractivity contribution >= 4 is 10.1 Å². The molecule has 0 aromatic heterocycles. The first-order valence-electron chi connectivity index (χ1n) is 12.2. The van der Waals surface area contributed by atoms with E-state index in [0.717, 1.165) is 44.4 Å². The molecule has 0 aromatic rings. The summed E-state index contributed by atoms with van der Waals surface area (Å²) in [6.45, 7) is 0. The molecule has 4 aliphatic rings. The Morgan fingerprint density at radius 2 is 1.14 bits per heavy atom. The minimum absolute atomic E-state index is 0.0907. The van der Waals surface area contributed by atoms with Crippen molar-refractivity contribution in [2.24, 2.45) is 29.6 Å². The van der Waals surface area contributed by atoms with E-state index in [4.69, 9.17) is 0 Å². The van der Waals surface area contributed by atoms with Gasteiger partial charge in [-0.1, -0.05) is 70.6 Å². The molecule has 4 aliphatic carbocycles. The molecule has 2 unspecified atom stereocenters. The third-order valence-electron chi connectivity index (χ3n) is 8.60. The molecule has 3 nitrogen and oxygen atoms in total. The largest absolute Gasteiger partial charge is 0.290 e. The topological polar surface area (TPSA) is 54.4 Å². The minimum Gasteiger partial charge on any atom is -0.282 e. The summed E-state index contributed by atoms with van der Waals surface area (Å²) in [6, 6.07) is 0. The molecule has 3 saturated carbocycles. The quantitative estimate of drug-likeness (QED) is 0.515. The standard InChI is InChI=1S/C24H40O3S/c25-28(26,27)24-22(19-12-6-2-7-13-19)16-21(18-10-4-1-5-11-18)17-23(24)20-14-8-3-9-15-20/h18-22H,1-17H2,(H,25,26,27). The molecule has 0 spiro atoms. The molecule has 0 heterocycles. The number of hydrogen-bond acceptors (Lipinski definition) is 2. The van der Waals surface area contributed by atoms with Crippen molar-refractivity contribution in [3.8, 4) is 0 Å². The van der Waals surface area contributed by atoms with Gasteiger partial charge in [-0.2, -0.15) is 8.42 Å². The highest BCUT2D eigenvalue weighted by Crippen LogP contribution is 2.51. The molecule has 0 bridgehead atoms. The molecule has 0 amide bonds. The summed E-state index contributed by atoms with van der Waals surface area (Å²) < 4.78 is 35.7. The van der Waals surface area contributed by atoms with E-state index >= 15 is 0 Å². The first-order chi connectivity index (χ1) is 13.5. The van der Waals surface area contributed by atoms with E-state index < -0.39 is 10.1 Å². The zero-order chi connectivity index (χ0) is 19.6. The lowest BCUT2D eigenvalue weighted by atomic mass is 9.64. The van der Waals surface area contributed by atoms with Crippen molar-refractivity contribution in [2.45, 2.75) is 109 Å². The van der Waals surface area contributed by atoms with Crippen LogP contribution in [0.4, 0.5) is 0 Å². The summed E-state index contributed by atoms with van der Waals surface area (Å²) in [5.41, 5.74) is 1.18. The van der Waals surface area contributed by atoms with Gasteiger partial charge in [-0.3, -0.25) is 4.55 Å². The Balaban J connectivity index is 1.70. The fraction of sp³-hybridized carbons (Fsp3) is 0.917. The SMILES string of the molecule is O=S(=O)(O)C1=C(C2CCCCC2)CC(C2CCCCC2)CC1C1CCCCC1. The van der Waals surface area contributed by atoms with E-state index in [9.17, 15) is 13.0 Å². The number of rotatable bonds is 4. The Kier molecular flexibility index (Phi) is 6.87. The molecule has 3 fully saturated rings. The first-order valence-corrected chi connectivity index (χ1v) is 13.7. The maximum absolute atomic E-state index is 12.7. The molecule has 4 heteroatoms. The van der Waals surface area contributed by atoms with Crippen LogP contribution in [-0.4, -0.2) is 13.0 Å². The van der Waals surface area contributed by atoms with Crippen LogP contribution in [0.3, 0.4) is 0 Å². The highest BCUT2D eigenvalue weighted by atomic mass is 32.2. The molecule has 160 valence electrons. The number of allylic oxidation sites excluding steroid dienone is 2. The van der Waals surface area contributed by atoms with E-state index in [-0.39, 0.29) is 5.92 Å². The highest BCUT2D eigenvalue weighted by Gasteiger charge is 2.43. The molecule has 4 rings (SSSR count). The van der Waals surface area contributed by atoms with Gasteiger partial charge in [-0.05, 0) is 67.8 Å². The number of hydrogen-bond donors (Lipinski definition) is 1. The summed E-state index contributed by atoms with van der Waals surface area (Å²) in [4.78, 5) is 0.512. The predicted octanol–water partition coefficient (Wildman–Crippen LogP) is 6.90. The van der Waals surface area contributed by atoms with Crippen LogP contribution in [0.2, 0.25) is 0 Å². The van der Waals surface area contributed by atoms with Gasteiger partial charge in [0.1, 0.15) is 0 Å². The Labute approximate surface area is 172 Å². The van der Waals surface area contributed by atoms with Crippen molar-refractivity contribution in [3.05, 3.63) is 10.5 Å². The third-order valence-corrected chi connectivity index (χ3v) is 9.72. The lowest BCUT2D eigenvalue weighted by Crippen LogP contribution is -2.35. The average molecular weight is 409 g/mol. The summed E-state index contributed by atoms with van der Waals surface area (Å²) in [5, 5.41) is 0. The second-order valence-corrected chi connectivity index (χ2v) is 11.7. The van der Waals surface area contributed by atoms with E-state index in [1.165, 1.54) is 76.2 Å². The Bertz CT molecular complexity index is 647. The predicted molar refractivity (Wildman–Crippen MR) is 115 cm³/mol. The minimum atomic E-state index is -4.10. The van der Waals surface area contributed by atoms with Crippen LogP contribution in [0.1, 0.15) is 109 Å². The van der Waals surface area contributed by atoms with Gasteiger partial charge in [0.25, 0.3) is 10.1 Å². The van der Waals surface area contributed by atoms with Crippen molar-refractivity contribution in [1.82, 2.24) is 0 Å². The van der Waals surface area contributed by atoms with Crippen molar-refractivity contribution in [2.75, 3.05) is 0 Å². The third kappa shape index (κ3) is 4.69. The Morgan fingerprint density at radius 1 is 0.643 bits per heavy atom. The maximum Gasteiger partial charge on any atom is 0.290 e. The van der Waals surface area contributed by atoms with Gasteiger partial charge in [0.2, 0.25) is 0 Å². The molecular formula is C24H40O3S. The van der Waals surface area contributed by atoms with Crippen molar-refractivity contribution in [3.63, 3.8) is 0 Å². The van der Waals surface area contributed by atoms with Crippen LogP contribution < -0.4 is 0 Å². The van der Waals surface area contributed by atoms with Gasteiger partial charge < -0.3 is 0 Å². The maximum atomic E-state index is 12.7. The fourth-order valence-electron chi connectivity index (χ4n) is 7.22. The van der Waals surface area contributed by atoms with E-state index in [1.54, 1.807) is 0 Å². The van der Waals surface area contributed by atoms with Gasteiger partial charge in [0.05, 0.1) is 4.91 Å². The van der Waals surface area contributed by atoms with Crippen molar-refractivity contribution in [1.29, 1.82) is 0 Å². The molecule has 1 N–H and O–H groups in total. The molecule has 28 heavy (non-hydrogen) atoms. The second-order valence-electron chi connectivity index (χ2n) is 10.3.